The van der Waals surface area contributed by atoms with E-state index in [1.54, 1.807) is 0 Å². The van der Waals surface area contributed by atoms with Gasteiger partial charge in [0.25, 0.3) is 0 Å². The van der Waals surface area contributed by atoms with Gasteiger partial charge in [-0.15, -0.1) is 24.0 Å². The Labute approximate surface area is 133 Å². The van der Waals surface area contributed by atoms with E-state index in [0.717, 1.165) is 18.8 Å². The lowest BCUT2D eigenvalue weighted by Gasteiger charge is -2.32. The van der Waals surface area contributed by atoms with E-state index < -0.39 is 5.60 Å². The van der Waals surface area contributed by atoms with Crippen molar-refractivity contribution in [3.63, 3.8) is 0 Å². The summed E-state index contributed by atoms with van der Waals surface area (Å²) in [4.78, 5) is 4.33. The Morgan fingerprint density at radius 2 is 2.11 bits per heavy atom. The number of nitrogens with one attached hydrogen (secondary N) is 1. The molecule has 2 aliphatic carbocycles. The van der Waals surface area contributed by atoms with Gasteiger partial charge in [-0.1, -0.05) is 0 Å². The molecule has 3 unspecified atom stereocenters. The maximum absolute atomic E-state index is 10.6. The summed E-state index contributed by atoms with van der Waals surface area (Å²) < 4.78 is 0. The van der Waals surface area contributed by atoms with Crippen molar-refractivity contribution in [2.24, 2.45) is 22.6 Å². The molecule has 0 aromatic carbocycles. The Kier molecular flexibility index (Phi) is 5.52. The molecule has 0 amide bonds. The first kappa shape index (κ1) is 17.0. The van der Waals surface area contributed by atoms with E-state index in [-0.39, 0.29) is 29.5 Å². The molecule has 5 heteroatoms. The van der Waals surface area contributed by atoms with Gasteiger partial charge in [-0.25, -0.2) is 0 Å². The van der Waals surface area contributed by atoms with Gasteiger partial charge in [-0.2, -0.15) is 0 Å². The van der Waals surface area contributed by atoms with Crippen molar-refractivity contribution in [1.29, 1.82) is 0 Å². The van der Waals surface area contributed by atoms with Crippen LogP contribution < -0.4 is 11.1 Å². The fraction of sp³-hybridized carbons (Fsp3) is 0.929. The van der Waals surface area contributed by atoms with E-state index in [1.165, 1.54) is 19.3 Å². The first-order chi connectivity index (χ1) is 8.28. The molecule has 0 aliphatic heterocycles. The number of rotatable bonds is 3. The van der Waals surface area contributed by atoms with Crippen LogP contribution in [-0.2, 0) is 0 Å². The summed E-state index contributed by atoms with van der Waals surface area (Å²) in [5.41, 5.74) is 5.30. The van der Waals surface area contributed by atoms with E-state index in [1.807, 2.05) is 0 Å². The molecule has 3 atom stereocenters. The molecule has 0 aromatic heterocycles. The normalized spacial score (nSPS) is 34.2. The smallest absolute Gasteiger partial charge is 0.188 e. The standard InChI is InChI=1S/C14H27N3O.HI/c1-13(2,3)17-12(15)16-7-6-14(18)9-10-4-5-11(14)8-10;/h10-11,18H,4-9H2,1-3H3,(H3,15,16,17);1H. The molecule has 2 aliphatic rings. The van der Waals surface area contributed by atoms with Gasteiger partial charge in [0.2, 0.25) is 0 Å². The van der Waals surface area contributed by atoms with Gasteiger partial charge in [-0.3, -0.25) is 4.99 Å². The van der Waals surface area contributed by atoms with Crippen LogP contribution in [0.4, 0.5) is 0 Å². The highest BCUT2D eigenvalue weighted by Crippen LogP contribution is 2.52. The largest absolute Gasteiger partial charge is 0.390 e. The minimum Gasteiger partial charge on any atom is -0.390 e. The molecule has 0 saturated heterocycles. The van der Waals surface area contributed by atoms with Gasteiger partial charge in [0, 0.05) is 12.1 Å². The van der Waals surface area contributed by atoms with Crippen molar-refractivity contribution < 1.29 is 5.11 Å². The van der Waals surface area contributed by atoms with Crippen molar-refractivity contribution in [3.8, 4) is 0 Å². The van der Waals surface area contributed by atoms with E-state index in [2.05, 4.69) is 31.1 Å². The minimum atomic E-state index is -0.464. The van der Waals surface area contributed by atoms with Crippen LogP contribution in [0.15, 0.2) is 4.99 Å². The van der Waals surface area contributed by atoms with Crippen LogP contribution in [0, 0.1) is 11.8 Å². The number of fused-ring (bicyclic) bond motifs is 2. The van der Waals surface area contributed by atoms with E-state index in [9.17, 15) is 5.11 Å². The van der Waals surface area contributed by atoms with Gasteiger partial charge < -0.3 is 16.2 Å². The minimum absolute atomic E-state index is 0. The lowest BCUT2D eigenvalue weighted by Crippen LogP contribution is -2.45. The van der Waals surface area contributed by atoms with Gasteiger partial charge in [0.1, 0.15) is 0 Å². The van der Waals surface area contributed by atoms with Crippen LogP contribution in [0.3, 0.4) is 0 Å². The molecular formula is C14H28IN3O. The summed E-state index contributed by atoms with van der Waals surface area (Å²) >= 11 is 0. The highest BCUT2D eigenvalue weighted by molar-refractivity contribution is 14.0. The molecule has 4 N–H and O–H groups in total. The van der Waals surface area contributed by atoms with Crippen LogP contribution in [0.2, 0.25) is 0 Å². The van der Waals surface area contributed by atoms with Crippen molar-refractivity contribution in [3.05, 3.63) is 0 Å². The topological polar surface area (TPSA) is 70.6 Å². The maximum Gasteiger partial charge on any atom is 0.188 e. The third kappa shape index (κ3) is 4.48. The third-order valence-corrected chi connectivity index (χ3v) is 4.27. The summed E-state index contributed by atoms with van der Waals surface area (Å²) in [6.45, 7) is 6.78. The van der Waals surface area contributed by atoms with Gasteiger partial charge in [0.05, 0.1) is 5.60 Å². The fourth-order valence-electron chi connectivity index (χ4n) is 3.51. The van der Waals surface area contributed by atoms with Crippen LogP contribution in [0.1, 0.15) is 52.9 Å². The van der Waals surface area contributed by atoms with Crippen LogP contribution in [0.25, 0.3) is 0 Å². The SMILES string of the molecule is CC(C)(C)NC(N)=NCCC1(O)CC2CCC1C2.I. The molecule has 2 fully saturated rings. The molecule has 2 rings (SSSR count). The Hall–Kier alpha value is -0.0400. The molecule has 0 aromatic rings. The quantitative estimate of drug-likeness (QED) is 0.399. The molecule has 4 nitrogen and oxygen atoms in total. The van der Waals surface area contributed by atoms with E-state index in [0.29, 0.717) is 18.4 Å². The Balaban J connectivity index is 0.00000180. The number of halogens is 1. The van der Waals surface area contributed by atoms with Crippen molar-refractivity contribution in [2.45, 2.75) is 64.0 Å². The lowest BCUT2D eigenvalue weighted by molar-refractivity contribution is -0.0181. The van der Waals surface area contributed by atoms with Crippen LogP contribution in [-0.4, -0.2) is 28.8 Å². The van der Waals surface area contributed by atoms with Gasteiger partial charge in [0.15, 0.2) is 5.96 Å². The average molecular weight is 381 g/mol. The highest BCUT2D eigenvalue weighted by atomic mass is 127. The summed E-state index contributed by atoms with van der Waals surface area (Å²) in [6, 6.07) is 0. The van der Waals surface area contributed by atoms with E-state index in [4.69, 9.17) is 5.73 Å². The molecular weight excluding hydrogens is 353 g/mol. The van der Waals surface area contributed by atoms with Gasteiger partial charge >= 0.3 is 0 Å². The van der Waals surface area contributed by atoms with Crippen LogP contribution in [0.5, 0.6) is 0 Å². The zero-order valence-corrected chi connectivity index (χ0v) is 14.6. The molecule has 19 heavy (non-hydrogen) atoms. The molecule has 0 heterocycles. The number of nitrogens with two attached hydrogens (primary N) is 1. The van der Waals surface area contributed by atoms with Gasteiger partial charge in [-0.05, 0) is 64.7 Å². The summed E-state index contributed by atoms with van der Waals surface area (Å²) in [5, 5.41) is 13.7. The third-order valence-electron chi connectivity index (χ3n) is 4.27. The van der Waals surface area contributed by atoms with Crippen LogP contribution >= 0.6 is 24.0 Å². The number of nitrogens with zero attached hydrogens (tertiary/aromatic N) is 1. The number of aliphatic hydroxyl groups is 1. The Morgan fingerprint density at radius 1 is 1.42 bits per heavy atom. The monoisotopic (exact) mass is 381 g/mol. The van der Waals surface area contributed by atoms with E-state index >= 15 is 0 Å². The molecule has 2 bridgehead atoms. The second-order valence-electron chi connectivity index (χ2n) is 7.08. The summed E-state index contributed by atoms with van der Waals surface area (Å²) in [6.07, 6.45) is 5.45. The first-order valence-electron chi connectivity index (χ1n) is 7.09. The number of hydrogen-bond acceptors (Lipinski definition) is 2. The second kappa shape index (κ2) is 6.16. The number of hydrogen-bond donors (Lipinski definition) is 3. The first-order valence-corrected chi connectivity index (χ1v) is 7.09. The zero-order chi connectivity index (χ0) is 13.4. The van der Waals surface area contributed by atoms with Crippen molar-refractivity contribution in [1.82, 2.24) is 5.32 Å². The fourth-order valence-corrected chi connectivity index (χ4v) is 3.51. The second-order valence-corrected chi connectivity index (χ2v) is 7.08. The lowest BCUT2D eigenvalue weighted by atomic mass is 9.82. The summed E-state index contributed by atoms with van der Waals surface area (Å²) in [7, 11) is 0. The summed E-state index contributed by atoms with van der Waals surface area (Å²) in [5.74, 6) is 1.75. The highest BCUT2D eigenvalue weighted by Gasteiger charge is 2.49. The Bertz CT molecular complexity index is 340. The molecule has 2 saturated carbocycles. The number of aliphatic imine (C=N–C) groups is 1. The number of guanidine groups is 1. The predicted octanol–water partition coefficient (Wildman–Crippen LogP) is 2.25. The average Bonchev–Trinajstić information content (AvgIpc) is 2.73. The molecule has 0 spiro atoms. The Morgan fingerprint density at radius 3 is 2.58 bits per heavy atom. The predicted molar refractivity (Wildman–Crippen MR) is 89.8 cm³/mol. The van der Waals surface area contributed by atoms with Crippen molar-refractivity contribution >= 4 is 29.9 Å². The molecule has 0 radical (unpaired) electrons. The maximum atomic E-state index is 10.6. The zero-order valence-electron chi connectivity index (χ0n) is 12.3. The molecule has 112 valence electrons. The van der Waals surface area contributed by atoms with Crippen molar-refractivity contribution in [2.75, 3.05) is 6.54 Å².